The second-order valence-electron chi connectivity index (χ2n) is 2.80. The van der Waals surface area contributed by atoms with Gasteiger partial charge >= 0.3 is 0 Å². The molecular formula is C10H10ClFO. The summed E-state index contributed by atoms with van der Waals surface area (Å²) < 4.78 is 12.6. The molecule has 0 aliphatic rings. The number of halogens is 2. The molecule has 0 N–H and O–H groups in total. The van der Waals surface area contributed by atoms with E-state index in [1.54, 1.807) is 13.0 Å². The number of carbonyl (C=O) groups is 1. The maximum Gasteiger partial charge on any atom is 0.137 e. The third kappa shape index (κ3) is 2.81. The molecule has 1 nitrogen and oxygen atoms in total. The molecule has 0 atom stereocenters. The molecule has 0 amide bonds. The van der Waals surface area contributed by atoms with Gasteiger partial charge in [-0.3, -0.25) is 4.79 Å². The number of hydrogen-bond donors (Lipinski definition) is 0. The Balaban J connectivity index is 2.83. The number of benzene rings is 1. The molecule has 0 unspecified atom stereocenters. The molecule has 0 radical (unpaired) electrons. The minimum Gasteiger partial charge on any atom is -0.299 e. The van der Waals surface area contributed by atoms with Gasteiger partial charge in [0.05, 0.1) is 0 Å². The predicted molar refractivity (Wildman–Crippen MR) is 50.4 cm³/mol. The summed E-state index contributed by atoms with van der Waals surface area (Å²) in [6.45, 7) is 1.79. The van der Waals surface area contributed by atoms with E-state index in [4.69, 9.17) is 11.6 Å². The Labute approximate surface area is 81.5 Å². The van der Waals surface area contributed by atoms with Gasteiger partial charge in [-0.1, -0.05) is 24.6 Å². The maximum atomic E-state index is 12.6. The standard InChI is InChI=1S/C10H10ClFO/c1-2-9(13)5-7-3-4-8(12)6-10(7)11/h3-4,6H,2,5H2,1H3. The van der Waals surface area contributed by atoms with Crippen molar-refractivity contribution in [2.45, 2.75) is 19.8 Å². The van der Waals surface area contributed by atoms with Gasteiger partial charge in [0.1, 0.15) is 11.6 Å². The van der Waals surface area contributed by atoms with Crippen molar-refractivity contribution in [3.05, 3.63) is 34.6 Å². The number of hydrogen-bond acceptors (Lipinski definition) is 1. The Morgan fingerprint density at radius 3 is 2.77 bits per heavy atom. The topological polar surface area (TPSA) is 17.1 Å². The SMILES string of the molecule is CCC(=O)Cc1ccc(F)cc1Cl. The maximum absolute atomic E-state index is 12.6. The summed E-state index contributed by atoms with van der Waals surface area (Å²) in [5.74, 6) is -0.272. The summed E-state index contributed by atoms with van der Waals surface area (Å²) in [5.41, 5.74) is 0.690. The van der Waals surface area contributed by atoms with Crippen molar-refractivity contribution in [2.24, 2.45) is 0 Å². The van der Waals surface area contributed by atoms with Crippen LogP contribution in [-0.2, 0) is 11.2 Å². The van der Waals surface area contributed by atoms with Gasteiger partial charge in [-0.15, -0.1) is 0 Å². The van der Waals surface area contributed by atoms with Gasteiger partial charge in [-0.25, -0.2) is 4.39 Å². The summed E-state index contributed by atoms with van der Waals surface area (Å²) in [4.78, 5) is 11.1. The van der Waals surface area contributed by atoms with E-state index in [2.05, 4.69) is 0 Å². The fourth-order valence-electron chi connectivity index (χ4n) is 1.00. The zero-order valence-corrected chi connectivity index (χ0v) is 8.07. The number of Topliss-reactive ketones (excluding diaryl/α,β-unsaturated/α-hetero) is 1. The summed E-state index contributed by atoms with van der Waals surface area (Å²) in [5, 5.41) is 0.321. The monoisotopic (exact) mass is 200 g/mol. The van der Waals surface area contributed by atoms with E-state index in [9.17, 15) is 9.18 Å². The van der Waals surface area contributed by atoms with E-state index >= 15 is 0 Å². The van der Waals surface area contributed by atoms with E-state index in [1.807, 2.05) is 0 Å². The minimum atomic E-state index is -0.377. The van der Waals surface area contributed by atoms with E-state index in [1.165, 1.54) is 12.1 Å². The van der Waals surface area contributed by atoms with Crippen LogP contribution in [0.15, 0.2) is 18.2 Å². The van der Waals surface area contributed by atoms with E-state index in [0.717, 1.165) is 0 Å². The van der Waals surface area contributed by atoms with Crippen LogP contribution in [0.4, 0.5) is 4.39 Å². The van der Waals surface area contributed by atoms with Crippen molar-refractivity contribution in [2.75, 3.05) is 0 Å². The molecule has 0 saturated heterocycles. The van der Waals surface area contributed by atoms with Crippen molar-refractivity contribution < 1.29 is 9.18 Å². The number of ketones is 1. The van der Waals surface area contributed by atoms with Crippen LogP contribution in [0, 0.1) is 5.82 Å². The van der Waals surface area contributed by atoms with Gasteiger partial charge < -0.3 is 0 Å². The fraction of sp³-hybridized carbons (Fsp3) is 0.300. The fourth-order valence-corrected chi connectivity index (χ4v) is 1.24. The molecule has 1 rings (SSSR count). The van der Waals surface area contributed by atoms with Gasteiger partial charge in [-0.2, -0.15) is 0 Å². The highest BCUT2D eigenvalue weighted by Crippen LogP contribution is 2.18. The highest BCUT2D eigenvalue weighted by molar-refractivity contribution is 6.31. The smallest absolute Gasteiger partial charge is 0.137 e. The van der Waals surface area contributed by atoms with Gasteiger partial charge in [0, 0.05) is 17.9 Å². The Kier molecular flexibility index (Phi) is 3.43. The lowest BCUT2D eigenvalue weighted by Gasteiger charge is -2.01. The Bertz CT molecular complexity index is 323. The summed E-state index contributed by atoms with van der Waals surface area (Å²) in [7, 11) is 0. The van der Waals surface area contributed by atoms with E-state index in [0.29, 0.717) is 17.0 Å². The van der Waals surface area contributed by atoms with Crippen LogP contribution in [0.25, 0.3) is 0 Å². The van der Waals surface area contributed by atoms with Crippen LogP contribution < -0.4 is 0 Å². The zero-order valence-electron chi connectivity index (χ0n) is 7.31. The minimum absolute atomic E-state index is 0.105. The van der Waals surface area contributed by atoms with E-state index in [-0.39, 0.29) is 18.0 Å². The van der Waals surface area contributed by atoms with Gasteiger partial charge in [0.15, 0.2) is 0 Å². The highest BCUT2D eigenvalue weighted by Gasteiger charge is 2.05. The largest absolute Gasteiger partial charge is 0.299 e. The zero-order chi connectivity index (χ0) is 9.84. The molecule has 0 aliphatic carbocycles. The first-order valence-electron chi connectivity index (χ1n) is 4.09. The van der Waals surface area contributed by atoms with Gasteiger partial charge in [-0.05, 0) is 17.7 Å². The second-order valence-corrected chi connectivity index (χ2v) is 3.21. The molecule has 0 spiro atoms. The third-order valence-electron chi connectivity index (χ3n) is 1.80. The highest BCUT2D eigenvalue weighted by atomic mass is 35.5. The van der Waals surface area contributed by atoms with E-state index < -0.39 is 0 Å². The average Bonchev–Trinajstić information content (AvgIpc) is 2.09. The predicted octanol–water partition coefficient (Wildman–Crippen LogP) is 3.00. The lowest BCUT2D eigenvalue weighted by molar-refractivity contribution is -0.118. The third-order valence-corrected chi connectivity index (χ3v) is 2.15. The number of rotatable bonds is 3. The molecule has 13 heavy (non-hydrogen) atoms. The van der Waals surface area contributed by atoms with Crippen molar-refractivity contribution >= 4 is 17.4 Å². The Hall–Kier alpha value is -0.890. The first-order chi connectivity index (χ1) is 6.13. The summed E-state index contributed by atoms with van der Waals surface area (Å²) >= 11 is 5.74. The number of carbonyl (C=O) groups excluding carboxylic acids is 1. The lowest BCUT2D eigenvalue weighted by Crippen LogP contribution is -2.00. The molecule has 1 aromatic carbocycles. The summed E-state index contributed by atoms with van der Waals surface area (Å²) in [6.07, 6.45) is 0.767. The normalized spacial score (nSPS) is 10.1. The molecule has 70 valence electrons. The first kappa shape index (κ1) is 10.2. The molecule has 1 aromatic rings. The molecule has 0 aliphatic heterocycles. The Morgan fingerprint density at radius 1 is 1.54 bits per heavy atom. The van der Waals surface area contributed by atoms with Crippen LogP contribution in [0.1, 0.15) is 18.9 Å². The van der Waals surface area contributed by atoms with Gasteiger partial charge in [0.2, 0.25) is 0 Å². The lowest BCUT2D eigenvalue weighted by atomic mass is 10.1. The molecule has 0 saturated carbocycles. The van der Waals surface area contributed by atoms with Crippen molar-refractivity contribution in [3.63, 3.8) is 0 Å². The molecule has 0 aromatic heterocycles. The molecule has 3 heteroatoms. The van der Waals surface area contributed by atoms with Crippen LogP contribution in [0.5, 0.6) is 0 Å². The van der Waals surface area contributed by atoms with Crippen molar-refractivity contribution in [1.82, 2.24) is 0 Å². The second kappa shape index (κ2) is 4.38. The quantitative estimate of drug-likeness (QED) is 0.733. The molecule has 0 heterocycles. The molecular weight excluding hydrogens is 191 g/mol. The Morgan fingerprint density at radius 2 is 2.23 bits per heavy atom. The van der Waals surface area contributed by atoms with Gasteiger partial charge in [0.25, 0.3) is 0 Å². The van der Waals surface area contributed by atoms with Crippen LogP contribution in [-0.4, -0.2) is 5.78 Å². The molecule has 0 fully saturated rings. The first-order valence-corrected chi connectivity index (χ1v) is 4.47. The molecule has 0 bridgehead atoms. The summed E-state index contributed by atoms with van der Waals surface area (Å²) in [6, 6.07) is 4.08. The van der Waals surface area contributed by atoms with Crippen molar-refractivity contribution in [3.8, 4) is 0 Å². The van der Waals surface area contributed by atoms with Crippen LogP contribution in [0.2, 0.25) is 5.02 Å². The average molecular weight is 201 g/mol. The van der Waals surface area contributed by atoms with Crippen LogP contribution >= 0.6 is 11.6 Å². The van der Waals surface area contributed by atoms with Crippen LogP contribution in [0.3, 0.4) is 0 Å². The van der Waals surface area contributed by atoms with Crippen molar-refractivity contribution in [1.29, 1.82) is 0 Å².